The SMILES string of the molecule is CN(C)S(=O)(=O)N1CCN(C[C@@H](O)COc2ccc(C(=O)c3ccccc3)cc2)CC1. The van der Waals surface area contributed by atoms with Gasteiger partial charge >= 0.3 is 0 Å². The van der Waals surface area contributed by atoms with Crippen molar-refractivity contribution >= 4 is 16.0 Å². The van der Waals surface area contributed by atoms with E-state index >= 15 is 0 Å². The van der Waals surface area contributed by atoms with Crippen LogP contribution in [0.1, 0.15) is 15.9 Å². The van der Waals surface area contributed by atoms with Gasteiger partial charge in [0.05, 0.1) is 0 Å². The Bertz CT molecular complexity index is 956. The monoisotopic (exact) mass is 447 g/mol. The molecule has 2 aromatic rings. The lowest BCUT2D eigenvalue weighted by Crippen LogP contribution is -2.53. The number of β-amino-alcohol motifs (C(OH)–C–C–N with tert-alkyl or cyclic N) is 1. The van der Waals surface area contributed by atoms with Crippen molar-refractivity contribution in [1.82, 2.24) is 13.5 Å². The number of hydrogen-bond donors (Lipinski definition) is 1. The summed E-state index contributed by atoms with van der Waals surface area (Å²) in [7, 11) is -0.355. The number of ether oxygens (including phenoxy) is 1. The highest BCUT2D eigenvalue weighted by Gasteiger charge is 2.29. The molecule has 0 amide bonds. The van der Waals surface area contributed by atoms with Crippen molar-refractivity contribution in [2.75, 3.05) is 53.4 Å². The van der Waals surface area contributed by atoms with Gasteiger partial charge in [0.15, 0.2) is 5.78 Å². The third-order valence-corrected chi connectivity index (χ3v) is 7.12. The second-order valence-electron chi connectivity index (χ2n) is 7.67. The highest BCUT2D eigenvalue weighted by atomic mass is 32.2. The second kappa shape index (κ2) is 10.3. The molecular formula is C22H29N3O5S. The standard InChI is InChI=1S/C22H29N3O5S/c1-23(2)31(28,29)25-14-12-24(13-15-25)16-20(26)17-30-21-10-8-19(9-11-21)22(27)18-6-4-3-5-7-18/h3-11,20,26H,12-17H2,1-2H3/t20-/m1/s1. The van der Waals surface area contributed by atoms with E-state index in [0.717, 1.165) is 0 Å². The summed E-state index contributed by atoms with van der Waals surface area (Å²) >= 11 is 0. The first-order valence-corrected chi connectivity index (χ1v) is 11.6. The molecule has 1 fully saturated rings. The number of benzene rings is 2. The number of rotatable bonds is 9. The smallest absolute Gasteiger partial charge is 0.281 e. The molecule has 0 spiro atoms. The Labute approximate surface area is 183 Å². The van der Waals surface area contributed by atoms with Crippen LogP contribution in [0.15, 0.2) is 54.6 Å². The van der Waals surface area contributed by atoms with E-state index in [2.05, 4.69) is 0 Å². The number of nitrogens with zero attached hydrogens (tertiary/aromatic N) is 3. The summed E-state index contributed by atoms with van der Waals surface area (Å²) in [5.74, 6) is 0.521. The van der Waals surface area contributed by atoms with E-state index < -0.39 is 16.3 Å². The molecule has 0 aromatic heterocycles. The fourth-order valence-electron chi connectivity index (χ4n) is 3.38. The van der Waals surface area contributed by atoms with E-state index in [1.54, 1.807) is 36.4 Å². The van der Waals surface area contributed by atoms with Crippen LogP contribution in [0.5, 0.6) is 5.75 Å². The van der Waals surface area contributed by atoms with E-state index in [-0.39, 0.29) is 12.4 Å². The molecule has 1 heterocycles. The average Bonchev–Trinajstić information content (AvgIpc) is 2.78. The van der Waals surface area contributed by atoms with Crippen LogP contribution in [-0.4, -0.2) is 92.3 Å². The number of aliphatic hydroxyl groups excluding tert-OH is 1. The van der Waals surface area contributed by atoms with Crippen LogP contribution in [0.3, 0.4) is 0 Å². The molecule has 1 atom stereocenters. The van der Waals surface area contributed by atoms with E-state index in [9.17, 15) is 18.3 Å². The van der Waals surface area contributed by atoms with Crippen molar-refractivity contribution in [3.05, 3.63) is 65.7 Å². The summed E-state index contributed by atoms with van der Waals surface area (Å²) in [5.41, 5.74) is 1.20. The van der Waals surface area contributed by atoms with Gasteiger partial charge in [0.1, 0.15) is 18.5 Å². The molecule has 0 unspecified atom stereocenters. The molecule has 0 radical (unpaired) electrons. The molecular weight excluding hydrogens is 418 g/mol. The number of piperazine rings is 1. The Morgan fingerprint density at radius 1 is 1.00 bits per heavy atom. The van der Waals surface area contributed by atoms with Gasteiger partial charge in [0.25, 0.3) is 10.2 Å². The summed E-state index contributed by atoms with van der Waals surface area (Å²) < 4.78 is 32.6. The Balaban J connectivity index is 1.44. The Morgan fingerprint density at radius 3 is 2.16 bits per heavy atom. The van der Waals surface area contributed by atoms with Crippen molar-refractivity contribution in [3.8, 4) is 5.75 Å². The van der Waals surface area contributed by atoms with Crippen LogP contribution in [0.2, 0.25) is 0 Å². The van der Waals surface area contributed by atoms with Crippen molar-refractivity contribution < 1.29 is 23.1 Å². The molecule has 0 bridgehead atoms. The maximum Gasteiger partial charge on any atom is 0.281 e. The summed E-state index contributed by atoms with van der Waals surface area (Å²) in [5, 5.41) is 10.3. The van der Waals surface area contributed by atoms with E-state index in [0.29, 0.717) is 49.6 Å². The first kappa shape index (κ1) is 23.4. The maximum atomic E-state index is 12.4. The van der Waals surface area contributed by atoms with Gasteiger partial charge in [-0.15, -0.1) is 0 Å². The maximum absolute atomic E-state index is 12.4. The van der Waals surface area contributed by atoms with E-state index in [1.165, 1.54) is 22.7 Å². The van der Waals surface area contributed by atoms with Crippen molar-refractivity contribution in [3.63, 3.8) is 0 Å². The van der Waals surface area contributed by atoms with Gasteiger partial charge in [0.2, 0.25) is 0 Å². The molecule has 1 N–H and O–H groups in total. The minimum absolute atomic E-state index is 0.0531. The molecule has 168 valence electrons. The van der Waals surface area contributed by atoms with Crippen molar-refractivity contribution in [2.45, 2.75) is 6.10 Å². The first-order valence-electron chi connectivity index (χ1n) is 10.2. The van der Waals surface area contributed by atoms with Gasteiger partial charge in [-0.05, 0) is 24.3 Å². The lowest BCUT2D eigenvalue weighted by Gasteiger charge is -2.35. The largest absolute Gasteiger partial charge is 0.491 e. The summed E-state index contributed by atoms with van der Waals surface area (Å²) in [4.78, 5) is 14.5. The quantitative estimate of drug-likeness (QED) is 0.579. The van der Waals surface area contributed by atoms with Crippen LogP contribution in [0.25, 0.3) is 0 Å². The van der Waals surface area contributed by atoms with Crippen LogP contribution < -0.4 is 4.74 Å². The van der Waals surface area contributed by atoms with Gasteiger partial charge in [-0.25, -0.2) is 0 Å². The zero-order valence-corrected chi connectivity index (χ0v) is 18.7. The normalized spacial score (nSPS) is 16.9. The number of hydrogen-bond acceptors (Lipinski definition) is 6. The first-order chi connectivity index (χ1) is 14.8. The van der Waals surface area contributed by atoms with Gasteiger partial charge in [-0.1, -0.05) is 30.3 Å². The molecule has 2 aromatic carbocycles. The molecule has 1 aliphatic heterocycles. The number of ketones is 1. The third-order valence-electron chi connectivity index (χ3n) is 5.18. The highest BCUT2D eigenvalue weighted by molar-refractivity contribution is 7.86. The molecule has 0 saturated carbocycles. The van der Waals surface area contributed by atoms with Crippen LogP contribution in [-0.2, 0) is 10.2 Å². The van der Waals surface area contributed by atoms with E-state index in [1.807, 2.05) is 23.1 Å². The molecule has 8 nitrogen and oxygen atoms in total. The minimum Gasteiger partial charge on any atom is -0.491 e. The van der Waals surface area contributed by atoms with Crippen molar-refractivity contribution in [1.29, 1.82) is 0 Å². The number of aliphatic hydroxyl groups is 1. The fraction of sp³-hybridized carbons (Fsp3) is 0.409. The lowest BCUT2D eigenvalue weighted by atomic mass is 10.0. The van der Waals surface area contributed by atoms with Crippen molar-refractivity contribution in [2.24, 2.45) is 0 Å². The Kier molecular flexibility index (Phi) is 7.79. The van der Waals surface area contributed by atoms with Gasteiger partial charge < -0.3 is 9.84 Å². The predicted molar refractivity (Wildman–Crippen MR) is 118 cm³/mol. The lowest BCUT2D eigenvalue weighted by molar-refractivity contribution is 0.0564. The van der Waals surface area contributed by atoms with Crippen LogP contribution >= 0.6 is 0 Å². The minimum atomic E-state index is -3.40. The molecule has 9 heteroatoms. The average molecular weight is 448 g/mol. The molecule has 1 saturated heterocycles. The number of carbonyl (C=O) groups excluding carboxylic acids is 1. The fourth-order valence-corrected chi connectivity index (χ4v) is 4.46. The molecule has 3 rings (SSSR count). The van der Waals surface area contributed by atoms with E-state index in [4.69, 9.17) is 4.74 Å². The van der Waals surface area contributed by atoms with Gasteiger partial charge in [-0.3, -0.25) is 9.69 Å². The molecule has 1 aliphatic rings. The predicted octanol–water partition coefficient (Wildman–Crippen LogP) is 1.08. The summed E-state index contributed by atoms with van der Waals surface area (Å²) in [6.45, 7) is 2.42. The zero-order chi connectivity index (χ0) is 22.4. The molecule has 31 heavy (non-hydrogen) atoms. The van der Waals surface area contributed by atoms with Gasteiger partial charge in [0, 0.05) is 57.9 Å². The number of carbonyl (C=O) groups is 1. The van der Waals surface area contributed by atoms with Crippen LogP contribution in [0, 0.1) is 0 Å². The summed E-state index contributed by atoms with van der Waals surface area (Å²) in [6, 6.07) is 15.9. The molecule has 0 aliphatic carbocycles. The van der Waals surface area contributed by atoms with Gasteiger partial charge in [-0.2, -0.15) is 17.0 Å². The second-order valence-corrected chi connectivity index (χ2v) is 9.82. The Morgan fingerprint density at radius 2 is 1.58 bits per heavy atom. The third kappa shape index (κ3) is 6.11. The Hall–Kier alpha value is -2.30. The zero-order valence-electron chi connectivity index (χ0n) is 17.8. The summed E-state index contributed by atoms with van der Waals surface area (Å²) in [6.07, 6.45) is -0.706. The topological polar surface area (TPSA) is 90.4 Å². The highest BCUT2D eigenvalue weighted by Crippen LogP contribution is 2.16. The van der Waals surface area contributed by atoms with Crippen LogP contribution in [0.4, 0.5) is 0 Å².